The molecule has 3 aliphatic rings. The normalized spacial score (nSPS) is 26.6. The molecular weight excluding hydrogens is 358 g/mol. The Morgan fingerprint density at radius 2 is 1.66 bits per heavy atom. The molecule has 3 fully saturated rings. The second-order valence-corrected chi connectivity index (χ2v) is 9.05. The van der Waals surface area contributed by atoms with Gasteiger partial charge in [-0.25, -0.2) is 0 Å². The van der Waals surface area contributed by atoms with Crippen LogP contribution in [0.1, 0.15) is 41.6 Å². The van der Waals surface area contributed by atoms with Crippen molar-refractivity contribution in [2.24, 2.45) is 11.8 Å². The predicted molar refractivity (Wildman–Crippen MR) is 117 cm³/mol. The number of piperazine rings is 1. The van der Waals surface area contributed by atoms with Crippen molar-refractivity contribution >= 4 is 11.6 Å². The van der Waals surface area contributed by atoms with E-state index in [1.54, 1.807) is 0 Å². The third-order valence-corrected chi connectivity index (χ3v) is 7.17. The maximum atomic E-state index is 12.6. The van der Waals surface area contributed by atoms with Crippen molar-refractivity contribution in [1.82, 2.24) is 10.2 Å². The van der Waals surface area contributed by atoms with Crippen LogP contribution in [0.15, 0.2) is 54.6 Å². The lowest BCUT2D eigenvalue weighted by Crippen LogP contribution is -2.45. The van der Waals surface area contributed by atoms with Gasteiger partial charge in [0.15, 0.2) is 0 Å². The van der Waals surface area contributed by atoms with Crippen molar-refractivity contribution in [1.29, 1.82) is 0 Å². The first-order chi connectivity index (χ1) is 14.2. The van der Waals surface area contributed by atoms with E-state index in [-0.39, 0.29) is 5.91 Å². The van der Waals surface area contributed by atoms with Crippen molar-refractivity contribution in [3.05, 3.63) is 65.7 Å². The Morgan fingerprint density at radius 1 is 0.897 bits per heavy atom. The molecule has 29 heavy (non-hydrogen) atoms. The van der Waals surface area contributed by atoms with Crippen LogP contribution in [0.25, 0.3) is 0 Å². The SMILES string of the molecule is O=C(N[C@H]1C[C@H]2CC[C@H]1C2)c1ccc(CN2CCN(c3ccccc3)CC2)cc1. The Hall–Kier alpha value is -2.33. The standard InChI is InChI=1S/C25H31N3O/c29-25(26-24-17-20-8-11-22(24)16-20)21-9-6-19(7-10-21)18-27-12-14-28(15-13-27)23-4-2-1-3-5-23/h1-7,9-10,20,22,24H,8,11-18H2,(H,26,29)/t20-,22-,24-/m0/s1. The Bertz CT molecular complexity index is 827. The molecule has 4 heteroatoms. The van der Waals surface area contributed by atoms with Crippen LogP contribution < -0.4 is 10.2 Å². The summed E-state index contributed by atoms with van der Waals surface area (Å²) in [6.07, 6.45) is 5.17. The van der Waals surface area contributed by atoms with Gasteiger partial charge in [-0.15, -0.1) is 0 Å². The maximum Gasteiger partial charge on any atom is 0.251 e. The number of anilines is 1. The third kappa shape index (κ3) is 4.18. The molecule has 1 amide bonds. The minimum Gasteiger partial charge on any atom is -0.369 e. The van der Waals surface area contributed by atoms with Gasteiger partial charge in [-0.1, -0.05) is 36.8 Å². The highest BCUT2D eigenvalue weighted by atomic mass is 16.1. The number of amides is 1. The molecule has 2 saturated carbocycles. The summed E-state index contributed by atoms with van der Waals surface area (Å²) in [4.78, 5) is 17.6. The zero-order chi connectivity index (χ0) is 19.6. The van der Waals surface area contributed by atoms with Gasteiger partial charge < -0.3 is 10.2 Å². The lowest BCUT2D eigenvalue weighted by molar-refractivity contribution is 0.0923. The Labute approximate surface area is 173 Å². The van der Waals surface area contributed by atoms with Crippen LogP contribution in [0.3, 0.4) is 0 Å². The van der Waals surface area contributed by atoms with Crippen molar-refractivity contribution in [3.8, 4) is 0 Å². The molecule has 3 atom stereocenters. The Kier molecular flexibility index (Phi) is 5.28. The average molecular weight is 390 g/mol. The molecular formula is C25H31N3O. The summed E-state index contributed by atoms with van der Waals surface area (Å²) in [7, 11) is 0. The van der Waals surface area contributed by atoms with Gasteiger partial charge in [0.25, 0.3) is 5.91 Å². The third-order valence-electron chi connectivity index (χ3n) is 7.17. The van der Waals surface area contributed by atoms with Crippen molar-refractivity contribution in [2.45, 2.75) is 38.3 Å². The summed E-state index contributed by atoms with van der Waals surface area (Å²) in [5.41, 5.74) is 3.40. The van der Waals surface area contributed by atoms with Crippen LogP contribution in [0.4, 0.5) is 5.69 Å². The highest BCUT2D eigenvalue weighted by Crippen LogP contribution is 2.44. The second kappa shape index (κ2) is 8.19. The fourth-order valence-corrected chi connectivity index (χ4v) is 5.50. The summed E-state index contributed by atoms with van der Waals surface area (Å²) >= 11 is 0. The molecule has 1 aliphatic heterocycles. The zero-order valence-electron chi connectivity index (χ0n) is 17.1. The molecule has 0 radical (unpaired) electrons. The molecule has 4 nitrogen and oxygen atoms in total. The Morgan fingerprint density at radius 3 is 2.31 bits per heavy atom. The molecule has 0 spiro atoms. The van der Waals surface area contributed by atoms with Crippen LogP contribution in [0.2, 0.25) is 0 Å². The number of nitrogens with one attached hydrogen (secondary N) is 1. The lowest BCUT2D eigenvalue weighted by atomic mass is 9.95. The van der Waals surface area contributed by atoms with Gasteiger partial charge in [0.1, 0.15) is 0 Å². The molecule has 0 aromatic heterocycles. The van der Waals surface area contributed by atoms with E-state index in [0.29, 0.717) is 6.04 Å². The minimum absolute atomic E-state index is 0.102. The summed E-state index contributed by atoms with van der Waals surface area (Å²) < 4.78 is 0. The summed E-state index contributed by atoms with van der Waals surface area (Å²) in [6.45, 7) is 5.22. The minimum atomic E-state index is 0.102. The van der Waals surface area contributed by atoms with E-state index in [0.717, 1.165) is 50.1 Å². The van der Waals surface area contributed by atoms with E-state index in [9.17, 15) is 4.79 Å². The first-order valence-electron chi connectivity index (χ1n) is 11.2. The first-order valence-corrected chi connectivity index (χ1v) is 11.2. The molecule has 1 N–H and O–H groups in total. The maximum absolute atomic E-state index is 12.6. The number of rotatable bonds is 5. The van der Waals surface area contributed by atoms with Crippen LogP contribution in [-0.4, -0.2) is 43.0 Å². The molecule has 2 aliphatic carbocycles. The Balaban J connectivity index is 1.12. The number of carbonyl (C=O) groups is 1. The van der Waals surface area contributed by atoms with Gasteiger partial charge in [0.2, 0.25) is 0 Å². The van der Waals surface area contributed by atoms with Gasteiger partial charge in [-0.05, 0) is 60.9 Å². The second-order valence-electron chi connectivity index (χ2n) is 9.05. The van der Waals surface area contributed by atoms with Crippen molar-refractivity contribution < 1.29 is 4.79 Å². The number of carbonyl (C=O) groups excluding carboxylic acids is 1. The molecule has 0 unspecified atom stereocenters. The predicted octanol–water partition coefficient (Wildman–Crippen LogP) is 3.93. The van der Waals surface area contributed by atoms with E-state index in [1.165, 1.54) is 36.9 Å². The highest BCUT2D eigenvalue weighted by Gasteiger charge is 2.40. The van der Waals surface area contributed by atoms with E-state index >= 15 is 0 Å². The smallest absolute Gasteiger partial charge is 0.251 e. The molecule has 2 aromatic rings. The number of fused-ring (bicyclic) bond motifs is 2. The van der Waals surface area contributed by atoms with Gasteiger partial charge in [0, 0.05) is 50.0 Å². The number of benzene rings is 2. The zero-order valence-corrected chi connectivity index (χ0v) is 17.1. The van der Waals surface area contributed by atoms with Crippen LogP contribution >= 0.6 is 0 Å². The lowest BCUT2D eigenvalue weighted by Gasteiger charge is -2.36. The molecule has 2 aromatic carbocycles. The average Bonchev–Trinajstić information content (AvgIpc) is 3.39. The van der Waals surface area contributed by atoms with Crippen LogP contribution in [0.5, 0.6) is 0 Å². The molecule has 152 valence electrons. The van der Waals surface area contributed by atoms with Crippen molar-refractivity contribution in [3.63, 3.8) is 0 Å². The number of para-hydroxylation sites is 1. The van der Waals surface area contributed by atoms with Crippen molar-refractivity contribution in [2.75, 3.05) is 31.1 Å². The van der Waals surface area contributed by atoms with Crippen LogP contribution in [-0.2, 0) is 6.54 Å². The molecule has 5 rings (SSSR count). The summed E-state index contributed by atoms with van der Waals surface area (Å²) in [5.74, 6) is 1.68. The first kappa shape index (κ1) is 18.7. The summed E-state index contributed by atoms with van der Waals surface area (Å²) in [5, 5.41) is 3.29. The number of nitrogens with zero attached hydrogens (tertiary/aromatic N) is 2. The molecule has 2 bridgehead atoms. The van der Waals surface area contributed by atoms with Gasteiger partial charge in [0.05, 0.1) is 0 Å². The molecule has 1 heterocycles. The highest BCUT2D eigenvalue weighted by molar-refractivity contribution is 5.94. The summed E-state index contributed by atoms with van der Waals surface area (Å²) in [6, 6.07) is 19.3. The van der Waals surface area contributed by atoms with Crippen LogP contribution in [0, 0.1) is 11.8 Å². The van der Waals surface area contributed by atoms with E-state index in [4.69, 9.17) is 0 Å². The van der Waals surface area contributed by atoms with E-state index in [1.807, 2.05) is 12.1 Å². The number of hydrogen-bond acceptors (Lipinski definition) is 3. The fraction of sp³-hybridized carbons (Fsp3) is 0.480. The van der Waals surface area contributed by atoms with Gasteiger partial charge >= 0.3 is 0 Å². The monoisotopic (exact) mass is 389 g/mol. The van der Waals surface area contributed by atoms with Gasteiger partial charge in [-0.3, -0.25) is 9.69 Å². The van der Waals surface area contributed by atoms with E-state index in [2.05, 4.69) is 57.6 Å². The number of hydrogen-bond donors (Lipinski definition) is 1. The fourth-order valence-electron chi connectivity index (χ4n) is 5.50. The van der Waals surface area contributed by atoms with Gasteiger partial charge in [-0.2, -0.15) is 0 Å². The quantitative estimate of drug-likeness (QED) is 0.842. The topological polar surface area (TPSA) is 35.6 Å². The molecule has 1 saturated heterocycles. The largest absolute Gasteiger partial charge is 0.369 e. The van der Waals surface area contributed by atoms with E-state index < -0.39 is 0 Å².